The van der Waals surface area contributed by atoms with E-state index in [2.05, 4.69) is 0 Å². The van der Waals surface area contributed by atoms with E-state index in [-0.39, 0.29) is 10.6 Å². The Morgan fingerprint density at radius 1 is 1.00 bits per heavy atom. The summed E-state index contributed by atoms with van der Waals surface area (Å²) >= 11 is 10.7. The predicted octanol–water partition coefficient (Wildman–Crippen LogP) is 4.58. The van der Waals surface area contributed by atoms with Crippen LogP contribution in [0.2, 0.25) is 5.02 Å². The molecule has 0 fully saturated rings. The van der Waals surface area contributed by atoms with Gasteiger partial charge in [-0.15, -0.1) is 0 Å². The first-order valence-corrected chi connectivity index (χ1v) is 8.37. The monoisotopic (exact) mass is 352 g/mol. The number of rotatable bonds is 3. The zero-order valence-corrected chi connectivity index (χ0v) is 13.4. The molecule has 0 aliphatic rings. The molecule has 0 bridgehead atoms. The first kappa shape index (κ1) is 15.0. The first-order chi connectivity index (χ1) is 10.4. The minimum Gasteiger partial charge on any atom is -0.445 e. The summed E-state index contributed by atoms with van der Waals surface area (Å²) in [5.41, 5.74) is 0.512. The fourth-order valence-corrected chi connectivity index (χ4v) is 3.12. The summed E-state index contributed by atoms with van der Waals surface area (Å²) < 4.78 is 35.3. The van der Waals surface area contributed by atoms with Gasteiger partial charge in [0.25, 0.3) is 0 Å². The third kappa shape index (κ3) is 3.14. The van der Waals surface area contributed by atoms with E-state index in [0.29, 0.717) is 20.7 Å². The van der Waals surface area contributed by atoms with Crippen LogP contribution in [-0.4, -0.2) is 8.42 Å². The summed E-state index contributed by atoms with van der Waals surface area (Å²) in [6.45, 7) is 0. The Kier molecular flexibility index (Phi) is 3.90. The van der Waals surface area contributed by atoms with Crippen molar-refractivity contribution in [1.29, 1.82) is 0 Å². The zero-order valence-electron chi connectivity index (χ0n) is 11.0. The molecule has 0 aliphatic heterocycles. The van der Waals surface area contributed by atoms with Crippen molar-refractivity contribution in [3.8, 4) is 5.75 Å². The topological polar surface area (TPSA) is 56.5 Å². The van der Waals surface area contributed by atoms with Crippen LogP contribution in [0, 0.1) is 4.71 Å². The Hall–Kier alpha value is -1.89. The van der Waals surface area contributed by atoms with E-state index in [1.54, 1.807) is 30.3 Å². The smallest absolute Gasteiger partial charge is 0.339 e. The summed E-state index contributed by atoms with van der Waals surface area (Å²) in [5.74, 6) is 0.190. The average Bonchev–Trinajstić information content (AvgIpc) is 2.49. The van der Waals surface area contributed by atoms with Gasteiger partial charge < -0.3 is 8.60 Å². The molecule has 3 aromatic rings. The third-order valence-electron chi connectivity index (χ3n) is 2.90. The lowest BCUT2D eigenvalue weighted by molar-refractivity contribution is 0.486. The maximum Gasteiger partial charge on any atom is 0.339 e. The Labute approximate surface area is 137 Å². The molecule has 0 saturated carbocycles. The van der Waals surface area contributed by atoms with Crippen molar-refractivity contribution in [2.45, 2.75) is 4.90 Å². The minimum atomic E-state index is -3.94. The lowest BCUT2D eigenvalue weighted by Crippen LogP contribution is -2.09. The van der Waals surface area contributed by atoms with Gasteiger partial charge in [-0.1, -0.05) is 11.6 Å². The van der Waals surface area contributed by atoms with Gasteiger partial charge in [-0.05, 0) is 66.8 Å². The molecular weight excluding hydrogens is 344 g/mol. The van der Waals surface area contributed by atoms with Gasteiger partial charge in [0, 0.05) is 10.4 Å². The summed E-state index contributed by atoms with van der Waals surface area (Å²) in [7, 11) is -3.94. The Bertz CT molecular complexity index is 992. The van der Waals surface area contributed by atoms with Crippen molar-refractivity contribution in [3.63, 3.8) is 0 Å². The quantitative estimate of drug-likeness (QED) is 0.510. The van der Waals surface area contributed by atoms with Crippen LogP contribution in [0.5, 0.6) is 5.75 Å². The minimum absolute atomic E-state index is 0.0299. The molecule has 0 aliphatic carbocycles. The van der Waals surface area contributed by atoms with Gasteiger partial charge >= 0.3 is 10.1 Å². The maximum absolute atomic E-state index is 12.3. The number of halogens is 1. The standard InChI is InChI=1S/C15H9ClO4S2/c16-11-2-4-12(5-3-11)20-22(17,18)13-6-7-14-10(9-13)1-8-15(21)19-14/h1-9H. The molecule has 0 saturated heterocycles. The molecule has 0 spiro atoms. The molecule has 0 atom stereocenters. The second kappa shape index (κ2) is 5.72. The van der Waals surface area contributed by atoms with Gasteiger partial charge in [0.15, 0.2) is 4.71 Å². The van der Waals surface area contributed by atoms with E-state index >= 15 is 0 Å². The third-order valence-corrected chi connectivity index (χ3v) is 4.61. The molecule has 3 rings (SSSR count). The van der Waals surface area contributed by atoms with E-state index in [1.165, 1.54) is 24.3 Å². The Balaban J connectivity index is 1.99. The molecule has 1 heterocycles. The van der Waals surface area contributed by atoms with Crippen molar-refractivity contribution in [3.05, 3.63) is 64.3 Å². The van der Waals surface area contributed by atoms with E-state index < -0.39 is 10.1 Å². The van der Waals surface area contributed by atoms with Gasteiger partial charge in [-0.2, -0.15) is 8.42 Å². The van der Waals surface area contributed by atoms with Gasteiger partial charge in [0.2, 0.25) is 0 Å². The van der Waals surface area contributed by atoms with E-state index in [1.807, 2.05) is 0 Å². The lowest BCUT2D eigenvalue weighted by atomic mass is 10.2. The van der Waals surface area contributed by atoms with Crippen molar-refractivity contribution < 1.29 is 17.0 Å². The highest BCUT2D eigenvalue weighted by molar-refractivity contribution is 7.87. The molecule has 0 N–H and O–H groups in total. The van der Waals surface area contributed by atoms with Crippen LogP contribution in [0.4, 0.5) is 0 Å². The lowest BCUT2D eigenvalue weighted by Gasteiger charge is -2.07. The zero-order chi connectivity index (χ0) is 15.7. The van der Waals surface area contributed by atoms with Crippen LogP contribution < -0.4 is 4.18 Å². The van der Waals surface area contributed by atoms with Crippen LogP contribution >= 0.6 is 23.8 Å². The molecule has 0 amide bonds. The van der Waals surface area contributed by atoms with Crippen LogP contribution in [0.25, 0.3) is 11.0 Å². The molecule has 22 heavy (non-hydrogen) atoms. The molecule has 0 unspecified atom stereocenters. The number of hydrogen-bond acceptors (Lipinski definition) is 5. The molecule has 7 heteroatoms. The Morgan fingerprint density at radius 3 is 2.45 bits per heavy atom. The van der Waals surface area contributed by atoms with Crippen LogP contribution in [0.1, 0.15) is 0 Å². The van der Waals surface area contributed by atoms with E-state index in [0.717, 1.165) is 0 Å². The summed E-state index contributed by atoms with van der Waals surface area (Å²) in [6, 6.07) is 13.8. The summed E-state index contributed by atoms with van der Waals surface area (Å²) in [4.78, 5) is 0.0299. The van der Waals surface area contributed by atoms with Gasteiger partial charge in [0.1, 0.15) is 16.2 Å². The van der Waals surface area contributed by atoms with Crippen molar-refractivity contribution in [2.75, 3.05) is 0 Å². The SMILES string of the molecule is O=S(=O)(Oc1ccc(Cl)cc1)c1ccc2oc(=S)ccc2c1. The van der Waals surface area contributed by atoms with Gasteiger partial charge in [-0.25, -0.2) is 0 Å². The highest BCUT2D eigenvalue weighted by Crippen LogP contribution is 2.24. The average molecular weight is 353 g/mol. The molecule has 4 nitrogen and oxygen atoms in total. The highest BCUT2D eigenvalue weighted by atomic mass is 35.5. The van der Waals surface area contributed by atoms with Crippen molar-refractivity contribution in [1.82, 2.24) is 0 Å². The van der Waals surface area contributed by atoms with Crippen molar-refractivity contribution in [2.24, 2.45) is 0 Å². The molecule has 1 aromatic heterocycles. The van der Waals surface area contributed by atoms with E-state index in [4.69, 9.17) is 32.4 Å². The molecule has 0 radical (unpaired) electrons. The van der Waals surface area contributed by atoms with Gasteiger partial charge in [0.05, 0.1) is 0 Å². The molecular formula is C15H9ClO4S2. The fourth-order valence-electron chi connectivity index (χ4n) is 1.87. The van der Waals surface area contributed by atoms with Crippen LogP contribution in [0.15, 0.2) is 63.9 Å². The highest BCUT2D eigenvalue weighted by Gasteiger charge is 2.17. The van der Waals surface area contributed by atoms with Crippen LogP contribution in [0.3, 0.4) is 0 Å². The predicted molar refractivity (Wildman–Crippen MR) is 86.3 cm³/mol. The molecule has 112 valence electrons. The Morgan fingerprint density at radius 2 is 1.73 bits per heavy atom. The first-order valence-electron chi connectivity index (χ1n) is 6.18. The number of hydrogen-bond donors (Lipinski definition) is 0. The molecule has 2 aromatic carbocycles. The van der Waals surface area contributed by atoms with E-state index in [9.17, 15) is 8.42 Å². The second-order valence-corrected chi connectivity index (χ2v) is 6.83. The van der Waals surface area contributed by atoms with Gasteiger partial charge in [-0.3, -0.25) is 0 Å². The van der Waals surface area contributed by atoms with Crippen molar-refractivity contribution >= 4 is 44.9 Å². The fraction of sp³-hybridized carbons (Fsp3) is 0. The maximum atomic E-state index is 12.3. The summed E-state index contributed by atoms with van der Waals surface area (Å²) in [5, 5.41) is 1.12. The number of benzene rings is 2. The number of fused-ring (bicyclic) bond motifs is 1. The summed E-state index contributed by atoms with van der Waals surface area (Å²) in [6.07, 6.45) is 0. The van der Waals surface area contributed by atoms with Crippen LogP contribution in [-0.2, 0) is 10.1 Å². The second-order valence-electron chi connectivity index (χ2n) is 4.45. The largest absolute Gasteiger partial charge is 0.445 e. The normalized spacial score (nSPS) is 11.5.